The van der Waals surface area contributed by atoms with Crippen LogP contribution in [-0.4, -0.2) is 93.5 Å². The summed E-state index contributed by atoms with van der Waals surface area (Å²) in [4.78, 5) is 1.46. The van der Waals surface area contributed by atoms with E-state index < -0.39 is 79.8 Å². The van der Waals surface area contributed by atoms with Gasteiger partial charge in [-0.3, -0.25) is 0 Å². The molecule has 0 saturated carbocycles. The largest absolute Gasteiger partial charge is 1.00 e. The molecule has 3 aromatic rings. The Balaban J connectivity index is 0.00000224. The van der Waals surface area contributed by atoms with Gasteiger partial charge in [0.2, 0.25) is 0 Å². The number of anilines is 1. The number of rotatable bonds is 16. The van der Waals surface area contributed by atoms with Gasteiger partial charge >= 0.3 is 99.3 Å². The summed E-state index contributed by atoms with van der Waals surface area (Å²) in [5, 5.41) is 0. The Bertz CT molecular complexity index is 3000. The molecule has 0 fully saturated rings. The Labute approximate surface area is 471 Å². The average Bonchev–Trinajstić information content (AvgIpc) is 3.55. The zero-order valence-corrected chi connectivity index (χ0v) is 49.1. The second-order valence-corrected chi connectivity index (χ2v) is 21.8. The number of unbranched alkanes of at least 4 members (excludes halogenated alkanes) is 2. The topological polar surface area (TPSA) is 238 Å². The van der Waals surface area contributed by atoms with Crippen LogP contribution >= 0.6 is 0 Å². The Morgan fingerprint density at radius 3 is 1.96 bits per heavy atom. The third kappa shape index (κ3) is 16.0. The number of fused-ring (bicyclic) bond motifs is 2. The van der Waals surface area contributed by atoms with Crippen molar-refractivity contribution in [2.75, 3.05) is 36.6 Å². The van der Waals surface area contributed by atoms with Gasteiger partial charge in [0, 0.05) is 64.9 Å². The van der Waals surface area contributed by atoms with Crippen LogP contribution in [0.15, 0.2) is 94.6 Å². The molecule has 69 heavy (non-hydrogen) atoms. The number of methoxy groups -OCH3 is 1. The molecule has 0 spiro atoms. The van der Waals surface area contributed by atoms with E-state index in [2.05, 4.69) is 10.6 Å². The normalized spacial score (nSPS) is 17.4. The van der Waals surface area contributed by atoms with Crippen molar-refractivity contribution in [3.8, 4) is 5.75 Å². The zero-order valence-electron chi connectivity index (χ0n) is 39.8. The van der Waals surface area contributed by atoms with E-state index in [-0.39, 0.29) is 126 Å². The van der Waals surface area contributed by atoms with Crippen molar-refractivity contribution < 1.29 is 158 Å². The number of hydrogen-bond donors (Lipinski definition) is 0. The van der Waals surface area contributed by atoms with Crippen LogP contribution < -0.4 is 98.3 Å². The maximum atomic E-state index is 16.2. The maximum Gasteiger partial charge on any atom is 1.00 e. The molecule has 3 aromatic carbocycles. The van der Waals surface area contributed by atoms with Gasteiger partial charge in [0.25, 0.3) is 0 Å². The van der Waals surface area contributed by atoms with Gasteiger partial charge in [-0.2, -0.15) is 18.2 Å². The van der Waals surface area contributed by atoms with E-state index in [0.29, 0.717) is 65.9 Å². The fraction of sp³-hybridized carbons (Fsp3) is 0.400. The van der Waals surface area contributed by atoms with Crippen LogP contribution in [0.1, 0.15) is 89.3 Å². The standard InChI is InChI=1S/C45H52F2N2O10S3.3Na.O3S/c1-44(2)34-15-6-7-16-38(34)48(23-8-10-25-60(50,51)52)40(44)21-17-30-13-12-14-31(42(30)43-36(46)27-32(59-5)28-37(43)47)18-22-41-45(3,4)35-29-33(62(56,57)58)19-20-39(35)49(41)24-9-11-26-61(53,54)55;;;;1-4(2)3/h7,15-22,27-29H,8-14,23-26H2,1-5H3,(H,50,51,52)(H,53,54,55)(H,56,57,58);;;;/q;3*+1;/p-3. The summed E-state index contributed by atoms with van der Waals surface area (Å²) in [6.45, 7) is 8.41. The minimum atomic E-state index is -4.82. The quantitative estimate of drug-likeness (QED) is 0.0475. The maximum absolute atomic E-state index is 16.2. The molecule has 3 aliphatic rings. The van der Waals surface area contributed by atoms with Crippen molar-refractivity contribution in [3.05, 3.63) is 124 Å². The molecular weight excluding hydrogens is 1010 g/mol. The van der Waals surface area contributed by atoms with E-state index in [9.17, 15) is 38.9 Å². The van der Waals surface area contributed by atoms with Crippen LogP contribution in [0.4, 0.5) is 20.2 Å². The Morgan fingerprint density at radius 1 is 0.797 bits per heavy atom. The van der Waals surface area contributed by atoms with Crippen molar-refractivity contribution in [2.24, 2.45) is 0 Å². The molecule has 358 valence electrons. The first-order valence-corrected chi connectivity index (χ1v) is 26.3. The summed E-state index contributed by atoms with van der Waals surface area (Å²) in [5.74, 6) is -2.74. The summed E-state index contributed by atoms with van der Waals surface area (Å²) in [5.41, 5.74) is 4.33. The molecule has 0 saturated heterocycles. The molecule has 2 heterocycles. The second kappa shape index (κ2) is 25.9. The minimum absolute atomic E-state index is 0. The smallest absolute Gasteiger partial charge is 0.748 e. The van der Waals surface area contributed by atoms with Crippen molar-refractivity contribution in [1.82, 2.24) is 0 Å². The monoisotopic (exact) mass is 1060 g/mol. The molecule has 0 bridgehead atoms. The molecule has 0 aromatic heterocycles. The molecule has 6 rings (SSSR count). The van der Waals surface area contributed by atoms with Gasteiger partial charge in [0.1, 0.15) is 39.7 Å². The van der Waals surface area contributed by atoms with Gasteiger partial charge in [-0.25, -0.2) is 38.6 Å². The molecule has 0 atom stereocenters. The summed E-state index contributed by atoms with van der Waals surface area (Å²) in [6.07, 6.45) is 9.77. The van der Waals surface area contributed by atoms with Gasteiger partial charge < -0.3 is 23.3 Å². The number of hydrogen-bond acceptors (Lipinski definition) is 14. The minimum Gasteiger partial charge on any atom is -0.748 e. The van der Waals surface area contributed by atoms with Crippen LogP contribution in [0.5, 0.6) is 5.75 Å². The van der Waals surface area contributed by atoms with Gasteiger partial charge in [-0.05, 0) is 85.1 Å². The summed E-state index contributed by atoms with van der Waals surface area (Å²) in [6, 6.07) is 15.0. The van der Waals surface area contributed by atoms with E-state index in [1.165, 1.54) is 25.3 Å². The van der Waals surface area contributed by atoms with Crippen LogP contribution in [0, 0.1) is 17.7 Å². The molecule has 0 unspecified atom stereocenters. The zero-order chi connectivity index (χ0) is 49.0. The number of ether oxygens (including phenoxy) is 1. The molecule has 2 aliphatic heterocycles. The first-order chi connectivity index (χ1) is 30.7. The molecule has 1 aliphatic carbocycles. The van der Waals surface area contributed by atoms with Gasteiger partial charge in [0.15, 0.2) is 5.71 Å². The van der Waals surface area contributed by atoms with Crippen LogP contribution in [0.25, 0.3) is 5.57 Å². The van der Waals surface area contributed by atoms with Crippen molar-refractivity contribution in [1.29, 1.82) is 0 Å². The first-order valence-electron chi connectivity index (χ1n) is 20.7. The Hall–Kier alpha value is -1.90. The van der Waals surface area contributed by atoms with E-state index in [1.807, 2.05) is 56.9 Å². The fourth-order valence-corrected chi connectivity index (χ4v) is 10.4. The van der Waals surface area contributed by atoms with Crippen molar-refractivity contribution in [2.45, 2.75) is 88.4 Å². The SMILES string of the molecule is COc1cc(F)c(C2=C(C=CC3=[N+](CCCCS(=O)(=O)[O-])c4cc[c-]cc4C3(C)C)CCCC2=CC=C2N(CCCCS(=O)(=O)[O-])c3ccc(S(=O)(=O)[O-])cc3C2(C)C)c(F)c1.O=S(=O)=O.[Na+].[Na+].[Na+]. The first kappa shape index (κ1) is 63.2. The van der Waals surface area contributed by atoms with E-state index in [0.717, 1.165) is 29.1 Å². The molecule has 24 heteroatoms. The summed E-state index contributed by atoms with van der Waals surface area (Å²) in [7, 11) is -15.5. The molecule has 0 amide bonds. The van der Waals surface area contributed by atoms with Crippen LogP contribution in [0.3, 0.4) is 0 Å². The van der Waals surface area contributed by atoms with E-state index in [4.69, 9.17) is 17.4 Å². The number of benzene rings is 3. The van der Waals surface area contributed by atoms with E-state index in [1.54, 1.807) is 18.2 Å². The fourth-order valence-electron chi connectivity index (χ4n) is 8.80. The average molecular weight is 1060 g/mol. The second-order valence-electron chi connectivity index (χ2n) is 17.0. The number of halogens is 2. The predicted octanol–water partition coefficient (Wildman–Crippen LogP) is -2.49. The van der Waals surface area contributed by atoms with Crippen LogP contribution in [-0.2, 0) is 51.8 Å². The molecule has 0 N–H and O–H groups in total. The third-order valence-corrected chi connectivity index (χ3v) is 14.3. The summed E-state index contributed by atoms with van der Waals surface area (Å²) < 4.78 is 170. The van der Waals surface area contributed by atoms with E-state index >= 15 is 8.78 Å². The van der Waals surface area contributed by atoms with Crippen molar-refractivity contribution in [3.63, 3.8) is 0 Å². The molecule has 15 nitrogen and oxygen atoms in total. The molecular formula is C45H49F2N2Na3O13S4. The number of allylic oxidation sites excluding steroid dienone is 8. The predicted molar refractivity (Wildman–Crippen MR) is 239 cm³/mol. The van der Waals surface area contributed by atoms with Gasteiger partial charge in [-0.1, -0.05) is 45.4 Å². The summed E-state index contributed by atoms with van der Waals surface area (Å²) >= 11 is 0. The van der Waals surface area contributed by atoms with Crippen LogP contribution in [0.2, 0.25) is 0 Å². The number of nitrogens with zero attached hydrogens (tertiary/aromatic N) is 2. The Kier molecular flexibility index (Phi) is 23.7. The van der Waals surface area contributed by atoms with Crippen molar-refractivity contribution >= 4 is 63.6 Å². The van der Waals surface area contributed by atoms with Gasteiger partial charge in [0.05, 0.1) is 37.8 Å². The third-order valence-electron chi connectivity index (χ3n) is 11.9. The Morgan fingerprint density at radius 2 is 1.39 bits per heavy atom. The molecule has 0 radical (unpaired) electrons. The van der Waals surface area contributed by atoms with Gasteiger partial charge in [-0.15, -0.1) is 18.7 Å².